The van der Waals surface area contributed by atoms with Crippen LogP contribution >= 0.6 is 0 Å². The predicted octanol–water partition coefficient (Wildman–Crippen LogP) is 2.13. The van der Waals surface area contributed by atoms with Crippen molar-refractivity contribution in [3.05, 3.63) is 48.0 Å². The van der Waals surface area contributed by atoms with Crippen molar-refractivity contribution in [1.82, 2.24) is 14.5 Å². The lowest BCUT2D eigenvalue weighted by atomic mass is 10.4. The molecule has 68 valence electrons. The molecule has 2 heterocycles. The van der Waals surface area contributed by atoms with Gasteiger partial charge in [0.25, 0.3) is 0 Å². The maximum absolute atomic E-state index is 6.79. The molecule has 0 aliphatic carbocycles. The Labute approximate surface area is 81.7 Å². The van der Waals surface area contributed by atoms with E-state index in [1.165, 1.54) is 0 Å². The van der Waals surface area contributed by atoms with Crippen molar-refractivity contribution in [3.8, 4) is 5.82 Å². The lowest BCUT2D eigenvalue weighted by Crippen LogP contribution is -1.92. The first-order valence-electron chi connectivity index (χ1n) is 4.14. The maximum Gasteiger partial charge on any atom is 0.205 e. The maximum atomic E-state index is 6.79. The van der Waals surface area contributed by atoms with Gasteiger partial charge in [-0.05, 0) is 13.0 Å². The summed E-state index contributed by atoms with van der Waals surface area (Å²) in [4.78, 5) is 11.5. The minimum Gasteiger partial charge on any atom is -0.290 e. The van der Waals surface area contributed by atoms with Gasteiger partial charge in [0.15, 0.2) is 0 Å². The average molecular weight is 184 g/mol. The van der Waals surface area contributed by atoms with Crippen molar-refractivity contribution in [3.63, 3.8) is 0 Å². The first-order valence-corrected chi connectivity index (χ1v) is 4.14. The van der Waals surface area contributed by atoms with E-state index in [0.29, 0.717) is 5.69 Å². The molecule has 0 aromatic carbocycles. The molecule has 0 saturated carbocycles. The van der Waals surface area contributed by atoms with E-state index >= 15 is 0 Å². The minimum absolute atomic E-state index is 0.547. The summed E-state index contributed by atoms with van der Waals surface area (Å²) in [5.74, 6) is 0.776. The third-order valence-electron chi connectivity index (χ3n) is 1.84. The van der Waals surface area contributed by atoms with Gasteiger partial charge >= 0.3 is 0 Å². The van der Waals surface area contributed by atoms with Crippen molar-refractivity contribution >= 4 is 5.69 Å². The van der Waals surface area contributed by atoms with Gasteiger partial charge in [-0.2, -0.15) is 0 Å². The van der Waals surface area contributed by atoms with Gasteiger partial charge in [-0.1, -0.05) is 6.07 Å². The van der Waals surface area contributed by atoms with E-state index in [0.717, 1.165) is 11.5 Å². The Balaban J connectivity index is 2.39. The molecule has 0 bridgehead atoms. The number of aryl methyl sites for hydroxylation is 1. The monoisotopic (exact) mass is 184 g/mol. The molecule has 0 atom stereocenters. The highest BCUT2D eigenvalue weighted by Gasteiger charge is 1.98. The number of imidazole rings is 1. The Morgan fingerprint density at radius 2 is 2.21 bits per heavy atom. The fraction of sp³-hybridized carbons (Fsp3) is 0.100. The van der Waals surface area contributed by atoms with E-state index in [4.69, 9.17) is 6.57 Å². The van der Waals surface area contributed by atoms with Crippen LogP contribution in [-0.4, -0.2) is 14.5 Å². The van der Waals surface area contributed by atoms with E-state index in [1.54, 1.807) is 24.7 Å². The molecule has 0 N–H and O–H groups in total. The fourth-order valence-corrected chi connectivity index (χ4v) is 1.14. The fourth-order valence-electron chi connectivity index (χ4n) is 1.14. The first kappa shape index (κ1) is 8.45. The summed E-state index contributed by atoms with van der Waals surface area (Å²) in [6, 6.07) is 3.54. The Hall–Kier alpha value is -2.15. The lowest BCUT2D eigenvalue weighted by Gasteiger charge is -1.99. The highest BCUT2D eigenvalue weighted by atomic mass is 15.1. The smallest absolute Gasteiger partial charge is 0.205 e. The van der Waals surface area contributed by atoms with E-state index in [2.05, 4.69) is 14.8 Å². The largest absolute Gasteiger partial charge is 0.290 e. The van der Waals surface area contributed by atoms with Crippen LogP contribution < -0.4 is 0 Å². The molecule has 4 nitrogen and oxygen atoms in total. The molecular formula is C10H8N4. The Morgan fingerprint density at radius 3 is 2.71 bits per heavy atom. The molecule has 0 spiro atoms. The second-order valence-electron chi connectivity index (χ2n) is 2.91. The van der Waals surface area contributed by atoms with Crippen LogP contribution in [0.15, 0.2) is 30.9 Å². The summed E-state index contributed by atoms with van der Waals surface area (Å²) >= 11 is 0. The van der Waals surface area contributed by atoms with Gasteiger partial charge in [0.05, 0.1) is 12.3 Å². The molecule has 0 saturated heterocycles. The predicted molar refractivity (Wildman–Crippen MR) is 52.4 cm³/mol. The molecule has 0 amide bonds. The standard InChI is InChI=1S/C10H8N4/c1-8-6-14(7-13-8)10-4-3-9(11-2)5-12-10/h3-7H,1H3. The Kier molecular flexibility index (Phi) is 1.99. The summed E-state index contributed by atoms with van der Waals surface area (Å²) < 4.78 is 1.82. The van der Waals surface area contributed by atoms with E-state index < -0.39 is 0 Å². The van der Waals surface area contributed by atoms with Crippen LogP contribution in [0.2, 0.25) is 0 Å². The van der Waals surface area contributed by atoms with Crippen molar-refractivity contribution < 1.29 is 0 Å². The van der Waals surface area contributed by atoms with Crippen LogP contribution in [0.3, 0.4) is 0 Å². The zero-order chi connectivity index (χ0) is 9.97. The van der Waals surface area contributed by atoms with Gasteiger partial charge < -0.3 is 0 Å². The highest BCUT2D eigenvalue weighted by Crippen LogP contribution is 2.12. The number of pyridine rings is 1. The molecule has 2 aromatic rings. The Morgan fingerprint density at radius 1 is 1.36 bits per heavy atom. The normalized spacial score (nSPS) is 9.71. The van der Waals surface area contributed by atoms with Crippen molar-refractivity contribution in [2.75, 3.05) is 0 Å². The van der Waals surface area contributed by atoms with Gasteiger partial charge in [-0.25, -0.2) is 9.83 Å². The summed E-state index contributed by atoms with van der Waals surface area (Å²) in [5, 5.41) is 0. The molecule has 0 aliphatic rings. The number of hydrogen-bond acceptors (Lipinski definition) is 2. The molecule has 14 heavy (non-hydrogen) atoms. The van der Waals surface area contributed by atoms with Crippen LogP contribution in [0.5, 0.6) is 0 Å². The van der Waals surface area contributed by atoms with Gasteiger partial charge in [0, 0.05) is 12.4 Å². The second-order valence-corrected chi connectivity index (χ2v) is 2.91. The van der Waals surface area contributed by atoms with Crippen molar-refractivity contribution in [1.29, 1.82) is 0 Å². The topological polar surface area (TPSA) is 35.1 Å². The van der Waals surface area contributed by atoms with Gasteiger partial charge in [-0.3, -0.25) is 9.55 Å². The van der Waals surface area contributed by atoms with Crippen LogP contribution in [-0.2, 0) is 0 Å². The van der Waals surface area contributed by atoms with E-state index in [-0.39, 0.29) is 0 Å². The first-order chi connectivity index (χ1) is 6.79. The van der Waals surface area contributed by atoms with Crippen LogP contribution in [0.1, 0.15) is 5.69 Å². The van der Waals surface area contributed by atoms with Crippen LogP contribution in [0.25, 0.3) is 10.7 Å². The molecule has 2 aromatic heterocycles. The Bertz CT molecular complexity index is 476. The summed E-state index contributed by atoms with van der Waals surface area (Å²) in [7, 11) is 0. The van der Waals surface area contributed by atoms with E-state index in [9.17, 15) is 0 Å². The number of nitrogens with zero attached hydrogens (tertiary/aromatic N) is 4. The van der Waals surface area contributed by atoms with Gasteiger partial charge in [-0.15, -0.1) is 0 Å². The quantitative estimate of drug-likeness (QED) is 0.636. The number of aromatic nitrogens is 3. The van der Waals surface area contributed by atoms with Crippen LogP contribution in [0, 0.1) is 13.5 Å². The molecule has 0 unspecified atom stereocenters. The lowest BCUT2D eigenvalue weighted by molar-refractivity contribution is 0.994. The molecule has 0 fully saturated rings. The second kappa shape index (κ2) is 3.30. The number of rotatable bonds is 1. The van der Waals surface area contributed by atoms with Crippen LogP contribution in [0.4, 0.5) is 5.69 Å². The number of hydrogen-bond donors (Lipinski definition) is 0. The molecular weight excluding hydrogens is 176 g/mol. The minimum atomic E-state index is 0.547. The third kappa shape index (κ3) is 1.48. The zero-order valence-corrected chi connectivity index (χ0v) is 7.68. The highest BCUT2D eigenvalue weighted by molar-refractivity contribution is 5.44. The summed E-state index contributed by atoms with van der Waals surface area (Å²) in [6.45, 7) is 8.71. The van der Waals surface area contributed by atoms with E-state index in [1.807, 2.05) is 17.7 Å². The summed E-state index contributed by atoms with van der Waals surface area (Å²) in [5.41, 5.74) is 1.49. The molecule has 2 rings (SSSR count). The van der Waals surface area contributed by atoms with Crippen molar-refractivity contribution in [2.24, 2.45) is 0 Å². The molecule has 0 aliphatic heterocycles. The van der Waals surface area contributed by atoms with Gasteiger partial charge in [0.1, 0.15) is 12.1 Å². The summed E-state index contributed by atoms with van der Waals surface area (Å²) in [6.07, 6.45) is 5.15. The SMILES string of the molecule is [C-]#[N+]c1ccc(-n2cnc(C)c2)nc1. The third-order valence-corrected chi connectivity index (χ3v) is 1.84. The van der Waals surface area contributed by atoms with Gasteiger partial charge in [0.2, 0.25) is 5.69 Å². The van der Waals surface area contributed by atoms with Crippen molar-refractivity contribution in [2.45, 2.75) is 6.92 Å². The zero-order valence-electron chi connectivity index (χ0n) is 7.68. The molecule has 0 radical (unpaired) electrons. The molecule has 4 heteroatoms. The average Bonchev–Trinajstić information content (AvgIpc) is 2.65.